The fraction of sp³-hybridized carbons (Fsp3) is 0.611. The second-order valence-electron chi connectivity index (χ2n) is 6.89. The van der Waals surface area contributed by atoms with E-state index >= 15 is 0 Å². The Hall–Kier alpha value is -2.32. The maximum atomic E-state index is 11.6. The molecule has 0 aromatic carbocycles. The fourth-order valence-corrected chi connectivity index (χ4v) is 3.24. The molecule has 150 valence electrons. The van der Waals surface area contributed by atoms with E-state index in [2.05, 4.69) is 17.2 Å². The molecule has 0 bridgehead atoms. The first-order valence-corrected chi connectivity index (χ1v) is 8.52. The van der Waals surface area contributed by atoms with Crippen molar-refractivity contribution in [2.24, 2.45) is 0 Å². The quantitative estimate of drug-likeness (QED) is 0.510. The molecule has 3 N–H and O–H groups in total. The van der Waals surface area contributed by atoms with Crippen molar-refractivity contribution in [3.05, 3.63) is 30.3 Å². The number of methoxy groups -OCH3 is 1. The van der Waals surface area contributed by atoms with E-state index in [1.54, 1.807) is 26.7 Å². The summed E-state index contributed by atoms with van der Waals surface area (Å²) >= 11 is 0. The summed E-state index contributed by atoms with van der Waals surface area (Å²) in [6.07, 6.45) is 0.582. The molecule has 0 saturated carbocycles. The van der Waals surface area contributed by atoms with Gasteiger partial charge >= 0.3 is 5.97 Å². The lowest BCUT2D eigenvalue weighted by atomic mass is 9.91. The summed E-state index contributed by atoms with van der Waals surface area (Å²) < 4.78 is 22.8. The Kier molecular flexibility index (Phi) is 6.67. The summed E-state index contributed by atoms with van der Waals surface area (Å²) in [5.41, 5.74) is 0.624. The van der Waals surface area contributed by atoms with Crippen LogP contribution in [0.15, 0.2) is 30.3 Å². The Balaban J connectivity index is 2.38. The summed E-state index contributed by atoms with van der Waals surface area (Å²) in [5, 5.41) is 15.4. The van der Waals surface area contributed by atoms with E-state index in [1.165, 1.54) is 13.2 Å². The highest BCUT2D eigenvalue weighted by atomic mass is 16.8. The lowest BCUT2D eigenvalue weighted by molar-refractivity contribution is -0.173. The molecule has 0 aromatic heterocycles. The molecule has 2 aliphatic rings. The summed E-state index contributed by atoms with van der Waals surface area (Å²) in [7, 11) is 1.48. The molecule has 27 heavy (non-hydrogen) atoms. The van der Waals surface area contributed by atoms with Gasteiger partial charge in [-0.15, -0.1) is 0 Å². The molecule has 9 heteroatoms. The molecule has 2 heterocycles. The summed E-state index contributed by atoms with van der Waals surface area (Å²) in [6, 6.07) is -1.08. The van der Waals surface area contributed by atoms with Gasteiger partial charge in [-0.3, -0.25) is 0 Å². The third kappa shape index (κ3) is 5.11. The average molecular weight is 382 g/mol. The molecule has 4 unspecified atom stereocenters. The number of hydrogen-bond donors (Lipinski definition) is 3. The van der Waals surface area contributed by atoms with Crippen LogP contribution in [0, 0.1) is 0 Å². The zero-order valence-electron chi connectivity index (χ0n) is 15.9. The van der Waals surface area contributed by atoms with Crippen LogP contribution in [0.2, 0.25) is 0 Å². The number of carbonyl (C=O) groups excluding carboxylic acids is 1. The molecule has 0 aromatic rings. The molecule has 1 fully saturated rings. The van der Waals surface area contributed by atoms with Crippen LogP contribution in [0.1, 0.15) is 20.8 Å². The molecule has 5 atom stereocenters. The lowest BCUT2D eigenvalue weighted by Crippen LogP contribution is -2.61. The minimum Gasteiger partial charge on any atom is -0.478 e. The highest BCUT2D eigenvalue weighted by Gasteiger charge is 2.48. The van der Waals surface area contributed by atoms with Gasteiger partial charge in [0.15, 0.2) is 11.9 Å². The largest absolute Gasteiger partial charge is 0.478 e. The van der Waals surface area contributed by atoms with Crippen LogP contribution in [0.5, 0.6) is 0 Å². The standard InChI is InChI=1S/C18H26N2O7/c1-10(2)20-11-8-12(17(22)23)26-16(14(11)19-6-7-21)15(24-5)13-9-25-18(3,4)27-13/h6,8,11,13-16,19-20H,1,9H2,2-5H3,(H,22,23)/t11?,13?,14?,15?,16-/m1/s1. The Morgan fingerprint density at radius 3 is 2.74 bits per heavy atom. The van der Waals surface area contributed by atoms with Crippen LogP contribution < -0.4 is 10.6 Å². The Morgan fingerprint density at radius 1 is 1.56 bits per heavy atom. The van der Waals surface area contributed by atoms with Crippen molar-refractivity contribution in [1.82, 2.24) is 10.6 Å². The van der Waals surface area contributed by atoms with E-state index in [4.69, 9.17) is 18.9 Å². The van der Waals surface area contributed by atoms with Crippen molar-refractivity contribution >= 4 is 11.9 Å². The smallest absolute Gasteiger partial charge is 0.370 e. The van der Waals surface area contributed by atoms with Gasteiger partial charge < -0.3 is 34.7 Å². The first-order valence-electron chi connectivity index (χ1n) is 8.52. The zero-order chi connectivity index (χ0) is 20.2. The molecular weight excluding hydrogens is 356 g/mol. The van der Waals surface area contributed by atoms with E-state index < -0.39 is 42.2 Å². The van der Waals surface area contributed by atoms with Crippen molar-refractivity contribution in [1.29, 1.82) is 0 Å². The second-order valence-corrected chi connectivity index (χ2v) is 6.89. The molecule has 0 amide bonds. The van der Waals surface area contributed by atoms with Gasteiger partial charge in [-0.2, -0.15) is 0 Å². The highest BCUT2D eigenvalue weighted by Crippen LogP contribution is 2.31. The topological polar surface area (TPSA) is 115 Å². The number of rotatable bonds is 8. The number of carbonyl (C=O) groups is 1. The molecule has 2 rings (SSSR count). The Bertz CT molecular complexity index is 654. The van der Waals surface area contributed by atoms with E-state index in [0.29, 0.717) is 5.70 Å². The van der Waals surface area contributed by atoms with E-state index in [1.807, 2.05) is 0 Å². The van der Waals surface area contributed by atoms with Crippen LogP contribution >= 0.6 is 0 Å². The van der Waals surface area contributed by atoms with Crippen LogP contribution in [0.4, 0.5) is 0 Å². The van der Waals surface area contributed by atoms with Crippen molar-refractivity contribution in [2.75, 3.05) is 13.7 Å². The lowest BCUT2D eigenvalue weighted by Gasteiger charge is -2.41. The minimum absolute atomic E-state index is 0.230. The van der Waals surface area contributed by atoms with Crippen molar-refractivity contribution < 1.29 is 33.6 Å². The first-order chi connectivity index (χ1) is 12.7. The minimum atomic E-state index is -1.21. The zero-order valence-corrected chi connectivity index (χ0v) is 15.9. The van der Waals surface area contributed by atoms with Crippen LogP contribution in [-0.2, 0) is 28.5 Å². The molecule has 9 nitrogen and oxygen atoms in total. The number of ether oxygens (including phenoxy) is 4. The van der Waals surface area contributed by atoms with Crippen LogP contribution in [0.25, 0.3) is 0 Å². The van der Waals surface area contributed by atoms with Gasteiger partial charge in [-0.1, -0.05) is 6.58 Å². The molecule has 0 radical (unpaired) electrons. The summed E-state index contributed by atoms with van der Waals surface area (Å²) in [4.78, 5) is 22.3. The third-order valence-electron chi connectivity index (χ3n) is 4.29. The number of aliphatic carboxylic acids is 1. The van der Waals surface area contributed by atoms with Crippen molar-refractivity contribution in [3.8, 4) is 0 Å². The highest BCUT2D eigenvalue weighted by molar-refractivity contribution is 5.84. The van der Waals surface area contributed by atoms with Gasteiger partial charge in [-0.25, -0.2) is 9.59 Å². The van der Waals surface area contributed by atoms with E-state index in [0.717, 1.165) is 6.20 Å². The number of carboxylic acid groups (broad SMARTS) is 1. The predicted octanol–water partition coefficient (Wildman–Crippen LogP) is 0.316. The number of carboxylic acids is 1. The van der Waals surface area contributed by atoms with Gasteiger partial charge in [0.1, 0.15) is 18.1 Å². The average Bonchev–Trinajstić information content (AvgIpc) is 2.93. The van der Waals surface area contributed by atoms with Gasteiger partial charge in [0, 0.05) is 12.8 Å². The number of allylic oxidation sites excluding steroid dienone is 1. The molecular formula is C18H26N2O7. The van der Waals surface area contributed by atoms with Gasteiger partial charge in [0.25, 0.3) is 0 Å². The number of nitrogens with one attached hydrogen (secondary N) is 2. The van der Waals surface area contributed by atoms with Crippen molar-refractivity contribution in [2.45, 2.75) is 57.0 Å². The van der Waals surface area contributed by atoms with E-state index in [9.17, 15) is 14.7 Å². The predicted molar refractivity (Wildman–Crippen MR) is 95.2 cm³/mol. The first kappa shape index (κ1) is 21.0. The van der Waals surface area contributed by atoms with Gasteiger partial charge in [0.2, 0.25) is 5.76 Å². The maximum absolute atomic E-state index is 11.6. The fourth-order valence-electron chi connectivity index (χ4n) is 3.24. The SMILES string of the molecule is C=C(C)NC1C=C(C(=O)O)O[C@@H](C(OC)C2COC(C)(C)O2)C1NC=C=O. The van der Waals surface area contributed by atoms with Crippen molar-refractivity contribution in [3.63, 3.8) is 0 Å². The maximum Gasteiger partial charge on any atom is 0.370 e. The third-order valence-corrected chi connectivity index (χ3v) is 4.29. The monoisotopic (exact) mass is 382 g/mol. The Morgan fingerprint density at radius 2 is 2.26 bits per heavy atom. The molecule has 0 spiro atoms. The summed E-state index contributed by atoms with van der Waals surface area (Å²) in [6.45, 7) is 9.36. The van der Waals surface area contributed by atoms with Crippen LogP contribution in [0.3, 0.4) is 0 Å². The molecule has 2 aliphatic heterocycles. The molecule has 0 aliphatic carbocycles. The Labute approximate surface area is 158 Å². The summed E-state index contributed by atoms with van der Waals surface area (Å²) in [5.74, 6) is -0.573. The van der Waals surface area contributed by atoms with Crippen LogP contribution in [-0.4, -0.2) is 66.9 Å². The van der Waals surface area contributed by atoms with Gasteiger partial charge in [-0.05, 0) is 26.8 Å². The number of hydrogen-bond acceptors (Lipinski definition) is 8. The normalized spacial score (nSPS) is 30.3. The van der Waals surface area contributed by atoms with E-state index in [-0.39, 0.29) is 12.4 Å². The van der Waals surface area contributed by atoms with Gasteiger partial charge in [0.05, 0.1) is 24.9 Å². The molecule has 1 saturated heterocycles. The second kappa shape index (κ2) is 8.58.